The van der Waals surface area contributed by atoms with Crippen molar-refractivity contribution in [3.63, 3.8) is 0 Å². The average Bonchev–Trinajstić information content (AvgIpc) is 2.25. The van der Waals surface area contributed by atoms with E-state index in [-0.39, 0.29) is 0 Å². The van der Waals surface area contributed by atoms with Gasteiger partial charge in [-0.15, -0.1) is 0 Å². The van der Waals surface area contributed by atoms with E-state index in [0.29, 0.717) is 12.8 Å². The van der Waals surface area contributed by atoms with Crippen LogP contribution in [0.15, 0.2) is 0 Å². The Kier molecular flexibility index (Phi) is 8.92. The second kappa shape index (κ2) is 8.63. The molecule has 0 aromatic rings. The third-order valence-corrected chi connectivity index (χ3v) is 7.31. The van der Waals surface area contributed by atoms with Crippen LogP contribution >= 0.6 is 18.0 Å². The number of rotatable bonds is 9. The van der Waals surface area contributed by atoms with E-state index in [1.807, 2.05) is 13.8 Å². The molecule has 0 spiro atoms. The Labute approximate surface area is 98.1 Å². The van der Waals surface area contributed by atoms with Crippen LogP contribution in [-0.4, -0.2) is 43.1 Å². The molecular formula is C10H24NO2PS. The molecule has 15 heavy (non-hydrogen) atoms. The molecule has 0 fully saturated rings. The highest BCUT2D eigenvalue weighted by Crippen LogP contribution is 2.58. The predicted molar refractivity (Wildman–Crippen MR) is 70.0 cm³/mol. The van der Waals surface area contributed by atoms with Gasteiger partial charge in [-0.3, -0.25) is 4.57 Å². The van der Waals surface area contributed by atoms with Gasteiger partial charge in [0.25, 0.3) is 6.57 Å². The van der Waals surface area contributed by atoms with Gasteiger partial charge in [0, 0.05) is 18.5 Å². The van der Waals surface area contributed by atoms with E-state index < -0.39 is 6.57 Å². The van der Waals surface area contributed by atoms with Gasteiger partial charge in [0.15, 0.2) is 0 Å². The molecular weight excluding hydrogens is 229 g/mol. The van der Waals surface area contributed by atoms with Gasteiger partial charge < -0.3 is 9.42 Å². The molecule has 0 aliphatic carbocycles. The smallest absolute Gasteiger partial charge is 0.257 e. The summed E-state index contributed by atoms with van der Waals surface area (Å²) >= 11 is 1.50. The van der Waals surface area contributed by atoms with Gasteiger partial charge in [0.2, 0.25) is 0 Å². The van der Waals surface area contributed by atoms with Crippen LogP contribution in [0.5, 0.6) is 0 Å². The quantitative estimate of drug-likeness (QED) is 0.590. The van der Waals surface area contributed by atoms with Gasteiger partial charge in [-0.1, -0.05) is 32.2 Å². The zero-order valence-electron chi connectivity index (χ0n) is 10.4. The highest BCUT2D eigenvalue weighted by atomic mass is 32.7. The summed E-state index contributed by atoms with van der Waals surface area (Å²) in [4.78, 5) is 2.33. The molecule has 5 heteroatoms. The topological polar surface area (TPSA) is 29.5 Å². The molecule has 3 nitrogen and oxygen atoms in total. The molecule has 1 atom stereocenters. The minimum atomic E-state index is -2.39. The lowest BCUT2D eigenvalue weighted by Gasteiger charge is -2.20. The lowest BCUT2D eigenvalue weighted by atomic mass is 10.5. The average molecular weight is 253 g/mol. The van der Waals surface area contributed by atoms with Crippen molar-refractivity contribution in [2.75, 3.05) is 38.2 Å². The van der Waals surface area contributed by atoms with Gasteiger partial charge in [-0.05, 0) is 20.0 Å². The fraction of sp³-hybridized carbons (Fsp3) is 1.00. The van der Waals surface area contributed by atoms with Crippen molar-refractivity contribution in [3.8, 4) is 0 Å². The first-order valence-electron chi connectivity index (χ1n) is 5.72. The van der Waals surface area contributed by atoms with E-state index in [0.717, 1.165) is 25.4 Å². The number of nitrogens with zero attached hydrogens (tertiary/aromatic N) is 1. The van der Waals surface area contributed by atoms with Gasteiger partial charge in [-0.2, -0.15) is 0 Å². The Hall–Kier alpha value is 0.500. The first-order valence-corrected chi connectivity index (χ1v) is 9.12. The molecule has 0 amide bonds. The maximum absolute atomic E-state index is 12.1. The molecule has 0 heterocycles. The molecule has 0 aromatic carbocycles. The molecule has 0 aliphatic rings. The molecule has 0 aliphatic heterocycles. The SMILES string of the molecule is CCO[P@](=O)(CC)SCCN(CC)CC. The maximum atomic E-state index is 12.1. The second-order valence-corrected chi connectivity index (χ2v) is 8.43. The Morgan fingerprint density at radius 2 is 1.80 bits per heavy atom. The van der Waals surface area contributed by atoms with Gasteiger partial charge in [-0.25, -0.2) is 0 Å². The Bertz CT molecular complexity index is 198. The number of hydrogen-bond acceptors (Lipinski definition) is 4. The largest absolute Gasteiger partial charge is 0.321 e. The van der Waals surface area contributed by atoms with E-state index in [2.05, 4.69) is 18.7 Å². The van der Waals surface area contributed by atoms with Crippen molar-refractivity contribution >= 4 is 18.0 Å². The van der Waals surface area contributed by atoms with Crippen molar-refractivity contribution in [2.24, 2.45) is 0 Å². The first kappa shape index (κ1) is 15.5. The molecule has 0 saturated heterocycles. The molecule has 92 valence electrons. The maximum Gasteiger partial charge on any atom is 0.257 e. The standard InChI is InChI=1S/C10H24NO2PS/c1-5-11(6-2)9-10-15-14(12,8-4)13-7-3/h5-10H2,1-4H3/t14-/m1/s1. The third kappa shape index (κ3) is 6.62. The molecule has 0 aromatic heterocycles. The monoisotopic (exact) mass is 253 g/mol. The van der Waals surface area contributed by atoms with E-state index in [1.54, 1.807) is 0 Å². The summed E-state index contributed by atoms with van der Waals surface area (Å²) in [6, 6.07) is 0. The summed E-state index contributed by atoms with van der Waals surface area (Å²) in [7, 11) is 0. The zero-order chi connectivity index (χ0) is 11.7. The third-order valence-electron chi connectivity index (χ3n) is 2.30. The van der Waals surface area contributed by atoms with Crippen LogP contribution in [0.4, 0.5) is 0 Å². The summed E-state index contributed by atoms with van der Waals surface area (Å²) in [6.07, 6.45) is 0.629. The minimum Gasteiger partial charge on any atom is -0.321 e. The van der Waals surface area contributed by atoms with Crippen LogP contribution in [0.2, 0.25) is 0 Å². The van der Waals surface area contributed by atoms with Crippen LogP contribution in [-0.2, 0) is 9.09 Å². The van der Waals surface area contributed by atoms with Crippen molar-refractivity contribution in [3.05, 3.63) is 0 Å². The van der Waals surface area contributed by atoms with Crippen LogP contribution in [0, 0.1) is 0 Å². The number of hydrogen-bond donors (Lipinski definition) is 0. The molecule has 0 N–H and O–H groups in total. The molecule has 0 radical (unpaired) electrons. The lowest BCUT2D eigenvalue weighted by Crippen LogP contribution is -2.25. The lowest BCUT2D eigenvalue weighted by molar-refractivity contribution is 0.323. The van der Waals surface area contributed by atoms with Gasteiger partial charge >= 0.3 is 0 Å². The highest BCUT2D eigenvalue weighted by molar-refractivity contribution is 8.56. The van der Waals surface area contributed by atoms with Crippen molar-refractivity contribution in [1.82, 2.24) is 4.90 Å². The highest BCUT2D eigenvalue weighted by Gasteiger charge is 2.20. The fourth-order valence-electron chi connectivity index (χ4n) is 1.27. The van der Waals surface area contributed by atoms with E-state index in [4.69, 9.17) is 4.52 Å². The predicted octanol–water partition coefficient (Wildman–Crippen LogP) is 3.31. The van der Waals surface area contributed by atoms with Crippen molar-refractivity contribution < 1.29 is 9.09 Å². The summed E-state index contributed by atoms with van der Waals surface area (Å²) in [5, 5.41) is 0. The van der Waals surface area contributed by atoms with Crippen LogP contribution in [0.25, 0.3) is 0 Å². The van der Waals surface area contributed by atoms with Gasteiger partial charge in [0.05, 0.1) is 6.61 Å². The van der Waals surface area contributed by atoms with E-state index in [1.165, 1.54) is 11.4 Å². The Balaban J connectivity index is 3.85. The Morgan fingerprint density at radius 3 is 2.20 bits per heavy atom. The Morgan fingerprint density at radius 1 is 1.20 bits per heavy atom. The fourth-order valence-corrected chi connectivity index (χ4v) is 4.88. The van der Waals surface area contributed by atoms with Gasteiger partial charge in [0.1, 0.15) is 0 Å². The summed E-state index contributed by atoms with van der Waals surface area (Å²) in [6.45, 7) is 9.39. The van der Waals surface area contributed by atoms with Crippen LogP contribution in [0.3, 0.4) is 0 Å². The minimum absolute atomic E-state index is 0.545. The summed E-state index contributed by atoms with van der Waals surface area (Å²) in [5.74, 6) is 0.896. The van der Waals surface area contributed by atoms with E-state index >= 15 is 0 Å². The summed E-state index contributed by atoms with van der Waals surface area (Å²) < 4.78 is 17.4. The zero-order valence-corrected chi connectivity index (χ0v) is 12.1. The normalized spacial score (nSPS) is 15.5. The van der Waals surface area contributed by atoms with E-state index in [9.17, 15) is 4.57 Å². The summed E-state index contributed by atoms with van der Waals surface area (Å²) in [5.41, 5.74) is 0. The first-order chi connectivity index (χ1) is 7.11. The molecule has 0 saturated carbocycles. The van der Waals surface area contributed by atoms with Crippen LogP contribution in [0.1, 0.15) is 27.7 Å². The van der Waals surface area contributed by atoms with Crippen LogP contribution < -0.4 is 0 Å². The molecule has 0 bridgehead atoms. The second-order valence-electron chi connectivity index (χ2n) is 3.21. The molecule has 0 unspecified atom stereocenters. The van der Waals surface area contributed by atoms with Crippen molar-refractivity contribution in [1.29, 1.82) is 0 Å². The molecule has 0 rings (SSSR count). The van der Waals surface area contributed by atoms with Crippen molar-refractivity contribution in [2.45, 2.75) is 27.7 Å².